The Kier molecular flexibility index (Phi) is 6.26. The normalized spacial score (nSPS) is 20.4. The smallest absolute Gasteiger partial charge is 0.0739 e. The van der Waals surface area contributed by atoms with E-state index in [1.165, 1.54) is 36.1 Å². The lowest BCUT2D eigenvalue weighted by Gasteiger charge is -2.33. The van der Waals surface area contributed by atoms with Gasteiger partial charge in [-0.05, 0) is 67.2 Å². The zero-order valence-electron chi connectivity index (χ0n) is 13.8. The fourth-order valence-electron chi connectivity index (χ4n) is 3.10. The molecule has 1 unspecified atom stereocenters. The highest BCUT2D eigenvalue weighted by Crippen LogP contribution is 2.24. The average Bonchev–Trinajstić information content (AvgIpc) is 2.66. The van der Waals surface area contributed by atoms with Gasteiger partial charge in [0, 0.05) is 20.1 Å². The van der Waals surface area contributed by atoms with Gasteiger partial charge in [0.2, 0.25) is 0 Å². The van der Waals surface area contributed by atoms with Crippen molar-refractivity contribution in [3.63, 3.8) is 0 Å². The molecule has 21 heavy (non-hydrogen) atoms. The molecule has 0 aliphatic carbocycles. The molecule has 1 fully saturated rings. The summed E-state index contributed by atoms with van der Waals surface area (Å²) in [5.74, 6) is 1.52. The molecule has 1 aliphatic rings. The number of aryl methyl sites for hydroxylation is 2. The molecule has 120 valence electrons. The summed E-state index contributed by atoms with van der Waals surface area (Å²) in [6.45, 7) is 12.3. The van der Waals surface area contributed by atoms with Crippen LogP contribution in [0.4, 0.5) is 0 Å². The highest BCUT2D eigenvalue weighted by Gasteiger charge is 2.22. The maximum atomic E-state index is 4.49. The van der Waals surface area contributed by atoms with Crippen molar-refractivity contribution in [2.45, 2.75) is 40.2 Å². The standard InChI is InChI=1S/C16H29BrN4/c1-12(2)8-18-9-14-6-5-7-21(10-14)11-15-16(17)13(3)19-20(15)4/h12,14,18H,5-11H2,1-4H3. The van der Waals surface area contributed by atoms with Crippen molar-refractivity contribution in [2.75, 3.05) is 26.2 Å². The van der Waals surface area contributed by atoms with Gasteiger partial charge in [0.15, 0.2) is 0 Å². The van der Waals surface area contributed by atoms with Crippen molar-refractivity contribution in [1.29, 1.82) is 0 Å². The molecule has 1 aromatic rings. The topological polar surface area (TPSA) is 33.1 Å². The average molecular weight is 357 g/mol. The van der Waals surface area contributed by atoms with Crippen molar-refractivity contribution in [3.05, 3.63) is 15.9 Å². The number of aromatic nitrogens is 2. The second-order valence-corrected chi connectivity index (χ2v) is 7.56. The Labute approximate surface area is 137 Å². The number of hydrogen-bond donors (Lipinski definition) is 1. The molecular weight excluding hydrogens is 328 g/mol. The van der Waals surface area contributed by atoms with Crippen LogP contribution in [0, 0.1) is 18.8 Å². The van der Waals surface area contributed by atoms with Crippen molar-refractivity contribution in [3.8, 4) is 0 Å². The summed E-state index contributed by atoms with van der Waals surface area (Å²) in [7, 11) is 2.04. The van der Waals surface area contributed by atoms with Crippen molar-refractivity contribution in [1.82, 2.24) is 20.0 Å². The molecule has 0 aromatic carbocycles. The van der Waals surface area contributed by atoms with E-state index in [9.17, 15) is 0 Å². The molecule has 0 spiro atoms. The fourth-order valence-corrected chi connectivity index (χ4v) is 3.56. The minimum Gasteiger partial charge on any atom is -0.316 e. The summed E-state index contributed by atoms with van der Waals surface area (Å²) in [6, 6.07) is 0. The van der Waals surface area contributed by atoms with Crippen LogP contribution in [0.5, 0.6) is 0 Å². The lowest BCUT2D eigenvalue weighted by atomic mass is 9.97. The van der Waals surface area contributed by atoms with Crippen LogP contribution in [0.1, 0.15) is 38.1 Å². The zero-order valence-corrected chi connectivity index (χ0v) is 15.4. The fraction of sp³-hybridized carbons (Fsp3) is 0.812. The predicted molar refractivity (Wildman–Crippen MR) is 91.4 cm³/mol. The second kappa shape index (κ2) is 7.75. The van der Waals surface area contributed by atoms with Gasteiger partial charge in [0.25, 0.3) is 0 Å². The minimum absolute atomic E-state index is 0.734. The lowest BCUT2D eigenvalue weighted by Crippen LogP contribution is -2.40. The van der Waals surface area contributed by atoms with Crippen LogP contribution >= 0.6 is 15.9 Å². The first-order chi connectivity index (χ1) is 9.97. The Hall–Kier alpha value is -0.390. The molecule has 1 aliphatic heterocycles. The quantitative estimate of drug-likeness (QED) is 0.850. The van der Waals surface area contributed by atoms with Gasteiger partial charge in [-0.25, -0.2) is 0 Å². The number of rotatable bonds is 6. The third kappa shape index (κ3) is 4.80. The van der Waals surface area contributed by atoms with E-state index in [1.54, 1.807) is 0 Å². The Morgan fingerprint density at radius 3 is 2.81 bits per heavy atom. The largest absolute Gasteiger partial charge is 0.316 e. The molecule has 5 heteroatoms. The van der Waals surface area contributed by atoms with Gasteiger partial charge in [-0.1, -0.05) is 13.8 Å². The maximum Gasteiger partial charge on any atom is 0.0739 e. The lowest BCUT2D eigenvalue weighted by molar-refractivity contribution is 0.161. The van der Waals surface area contributed by atoms with Crippen LogP contribution in [0.2, 0.25) is 0 Å². The van der Waals surface area contributed by atoms with Crippen molar-refractivity contribution >= 4 is 15.9 Å². The van der Waals surface area contributed by atoms with Gasteiger partial charge in [0.1, 0.15) is 0 Å². The second-order valence-electron chi connectivity index (χ2n) is 6.77. The van der Waals surface area contributed by atoms with E-state index in [2.05, 4.69) is 52.0 Å². The van der Waals surface area contributed by atoms with Gasteiger partial charge in [0.05, 0.1) is 15.9 Å². The van der Waals surface area contributed by atoms with Gasteiger partial charge in [-0.3, -0.25) is 9.58 Å². The van der Waals surface area contributed by atoms with Crippen LogP contribution in [-0.4, -0.2) is 40.9 Å². The van der Waals surface area contributed by atoms with Gasteiger partial charge < -0.3 is 5.32 Å². The first-order valence-electron chi connectivity index (χ1n) is 8.08. The Bertz CT molecular complexity index is 455. The molecule has 1 aromatic heterocycles. The zero-order chi connectivity index (χ0) is 15.4. The molecule has 2 heterocycles. The molecule has 0 bridgehead atoms. The van der Waals surface area contributed by atoms with Gasteiger partial charge in [-0.2, -0.15) is 5.10 Å². The number of nitrogens with zero attached hydrogens (tertiary/aromatic N) is 3. The SMILES string of the molecule is Cc1nn(C)c(CN2CCCC(CNCC(C)C)C2)c1Br. The van der Waals surface area contributed by atoms with E-state index in [4.69, 9.17) is 0 Å². The summed E-state index contributed by atoms with van der Waals surface area (Å²) in [4.78, 5) is 2.58. The summed E-state index contributed by atoms with van der Waals surface area (Å²) in [6.07, 6.45) is 2.66. The van der Waals surface area contributed by atoms with E-state index in [0.29, 0.717) is 0 Å². The van der Waals surface area contributed by atoms with Crippen molar-refractivity contribution in [2.24, 2.45) is 18.9 Å². The predicted octanol–water partition coefficient (Wildman–Crippen LogP) is 2.95. The number of likely N-dealkylation sites (tertiary alicyclic amines) is 1. The highest BCUT2D eigenvalue weighted by atomic mass is 79.9. The Balaban J connectivity index is 1.86. The molecule has 0 saturated carbocycles. The van der Waals surface area contributed by atoms with Crippen LogP contribution in [-0.2, 0) is 13.6 Å². The monoisotopic (exact) mass is 356 g/mol. The van der Waals surface area contributed by atoms with E-state index in [1.807, 2.05) is 11.7 Å². The summed E-state index contributed by atoms with van der Waals surface area (Å²) < 4.78 is 3.19. The Morgan fingerprint density at radius 1 is 1.43 bits per heavy atom. The maximum absolute atomic E-state index is 4.49. The van der Waals surface area contributed by atoms with E-state index >= 15 is 0 Å². The van der Waals surface area contributed by atoms with E-state index in [-0.39, 0.29) is 0 Å². The molecule has 4 nitrogen and oxygen atoms in total. The van der Waals surface area contributed by atoms with Crippen LogP contribution < -0.4 is 5.32 Å². The molecule has 1 N–H and O–H groups in total. The van der Waals surface area contributed by atoms with Crippen LogP contribution in [0.15, 0.2) is 4.47 Å². The first-order valence-corrected chi connectivity index (χ1v) is 8.87. The molecule has 2 rings (SSSR count). The number of nitrogens with one attached hydrogen (secondary N) is 1. The highest BCUT2D eigenvalue weighted by molar-refractivity contribution is 9.10. The minimum atomic E-state index is 0.734. The van der Waals surface area contributed by atoms with Crippen LogP contribution in [0.25, 0.3) is 0 Å². The number of hydrogen-bond acceptors (Lipinski definition) is 3. The molecule has 1 atom stereocenters. The summed E-state index contributed by atoms with van der Waals surface area (Å²) in [5.41, 5.74) is 2.38. The van der Waals surface area contributed by atoms with E-state index in [0.717, 1.165) is 37.2 Å². The number of piperidine rings is 1. The van der Waals surface area contributed by atoms with E-state index < -0.39 is 0 Å². The van der Waals surface area contributed by atoms with Crippen LogP contribution in [0.3, 0.4) is 0 Å². The third-order valence-electron chi connectivity index (χ3n) is 4.22. The molecule has 1 saturated heterocycles. The number of halogens is 1. The van der Waals surface area contributed by atoms with Gasteiger partial charge >= 0.3 is 0 Å². The summed E-state index contributed by atoms with van der Waals surface area (Å²) in [5, 5.41) is 8.11. The summed E-state index contributed by atoms with van der Waals surface area (Å²) >= 11 is 3.68. The Morgan fingerprint density at radius 2 is 2.19 bits per heavy atom. The molecular formula is C16H29BrN4. The van der Waals surface area contributed by atoms with Crippen molar-refractivity contribution < 1.29 is 0 Å². The molecule has 0 amide bonds. The molecule has 0 radical (unpaired) electrons. The first kappa shape index (κ1) is 17.0. The van der Waals surface area contributed by atoms with Gasteiger partial charge in [-0.15, -0.1) is 0 Å². The third-order valence-corrected chi connectivity index (χ3v) is 5.26.